The molecule has 3 N–H and O–H groups in total. The molecule has 1 aliphatic rings. The van der Waals surface area contributed by atoms with Gasteiger partial charge in [-0.25, -0.2) is 9.97 Å². The number of aliphatic hydroxyl groups excluding tert-OH is 1. The maximum Gasteiger partial charge on any atom is 0.146 e. The summed E-state index contributed by atoms with van der Waals surface area (Å²) in [6.07, 6.45) is 5.80. The Morgan fingerprint density at radius 1 is 1.23 bits per heavy atom. The number of hydrogen-bond acceptors (Lipinski definition) is 6. The zero-order valence-corrected chi connectivity index (χ0v) is 14.0. The van der Waals surface area contributed by atoms with E-state index in [1.54, 1.807) is 11.3 Å². The first kappa shape index (κ1) is 15.6. The quantitative estimate of drug-likeness (QED) is 0.854. The fraction of sp³-hybridized carbons (Fsp3) is 0.625. The first-order valence-corrected chi connectivity index (χ1v) is 8.94. The summed E-state index contributed by atoms with van der Waals surface area (Å²) in [5.41, 5.74) is 7.62. The first-order chi connectivity index (χ1) is 10.7. The molecule has 1 aliphatic carbocycles. The second-order valence-corrected chi connectivity index (χ2v) is 7.00. The van der Waals surface area contributed by atoms with E-state index >= 15 is 0 Å². The van der Waals surface area contributed by atoms with Crippen LogP contribution in [0.4, 0.5) is 5.82 Å². The van der Waals surface area contributed by atoms with Crippen molar-refractivity contribution in [2.75, 3.05) is 25.4 Å². The monoisotopic (exact) mass is 320 g/mol. The minimum absolute atomic E-state index is 0.158. The molecule has 0 bridgehead atoms. The molecule has 2 aromatic heterocycles. The third-order valence-electron chi connectivity index (χ3n) is 4.21. The maximum atomic E-state index is 9.17. The molecule has 22 heavy (non-hydrogen) atoms. The molecular formula is C16H24N4OS. The molecule has 0 atom stereocenters. The molecule has 0 saturated carbocycles. The Balaban J connectivity index is 1.91. The van der Waals surface area contributed by atoms with Crippen LogP contribution in [-0.4, -0.2) is 39.7 Å². The number of aromatic nitrogens is 2. The first-order valence-electron chi connectivity index (χ1n) is 8.12. The Hall–Kier alpha value is -1.24. The minimum atomic E-state index is 0.158. The second kappa shape index (κ2) is 6.89. The Labute approximate surface area is 135 Å². The van der Waals surface area contributed by atoms with Crippen molar-refractivity contribution in [3.8, 4) is 0 Å². The molecule has 0 saturated heterocycles. The van der Waals surface area contributed by atoms with Crippen molar-refractivity contribution < 1.29 is 5.11 Å². The van der Waals surface area contributed by atoms with Gasteiger partial charge in [0.25, 0.3) is 0 Å². The Morgan fingerprint density at radius 2 is 2.05 bits per heavy atom. The summed E-state index contributed by atoms with van der Waals surface area (Å²) < 4.78 is 0. The molecule has 0 amide bonds. The Bertz CT molecular complexity index is 649. The molecule has 0 aromatic carbocycles. The van der Waals surface area contributed by atoms with Gasteiger partial charge in [-0.2, -0.15) is 0 Å². The Kier molecular flexibility index (Phi) is 4.90. The van der Waals surface area contributed by atoms with Crippen LogP contribution in [0.2, 0.25) is 0 Å². The van der Waals surface area contributed by atoms with Crippen LogP contribution in [0.5, 0.6) is 0 Å². The molecule has 2 heterocycles. The average Bonchev–Trinajstić information content (AvgIpc) is 2.86. The molecule has 0 spiro atoms. The molecule has 6 heteroatoms. The van der Waals surface area contributed by atoms with Crippen LogP contribution in [0.3, 0.4) is 0 Å². The van der Waals surface area contributed by atoms with Gasteiger partial charge in [-0.15, -0.1) is 11.3 Å². The summed E-state index contributed by atoms with van der Waals surface area (Å²) in [4.78, 5) is 13.9. The van der Waals surface area contributed by atoms with Crippen LogP contribution >= 0.6 is 11.3 Å². The lowest BCUT2D eigenvalue weighted by molar-refractivity contribution is 0.187. The van der Waals surface area contributed by atoms with Gasteiger partial charge < -0.3 is 10.8 Å². The predicted molar refractivity (Wildman–Crippen MR) is 91.1 cm³/mol. The minimum Gasteiger partial charge on any atom is -0.395 e. The summed E-state index contributed by atoms with van der Waals surface area (Å²) in [6, 6.07) is 0. The number of nitrogens with zero attached hydrogens (tertiary/aromatic N) is 3. The van der Waals surface area contributed by atoms with Gasteiger partial charge in [0.1, 0.15) is 16.5 Å². The van der Waals surface area contributed by atoms with Crippen molar-refractivity contribution in [1.29, 1.82) is 0 Å². The Morgan fingerprint density at radius 3 is 2.82 bits per heavy atom. The number of hydrogen-bond donors (Lipinski definition) is 2. The van der Waals surface area contributed by atoms with E-state index in [9.17, 15) is 5.11 Å². The van der Waals surface area contributed by atoms with Gasteiger partial charge in [0.2, 0.25) is 0 Å². The zero-order chi connectivity index (χ0) is 15.5. The second-order valence-electron chi connectivity index (χ2n) is 5.92. The van der Waals surface area contributed by atoms with E-state index in [2.05, 4.69) is 16.8 Å². The largest absolute Gasteiger partial charge is 0.395 e. The molecule has 3 rings (SSSR count). The lowest BCUT2D eigenvalue weighted by atomic mass is 9.97. The molecule has 0 unspecified atom stereocenters. The van der Waals surface area contributed by atoms with Crippen molar-refractivity contribution in [3.63, 3.8) is 0 Å². The van der Waals surface area contributed by atoms with Crippen LogP contribution in [0, 0.1) is 0 Å². The number of nitrogens with two attached hydrogens (primary N) is 1. The van der Waals surface area contributed by atoms with E-state index in [1.165, 1.54) is 23.3 Å². The lowest BCUT2D eigenvalue weighted by Gasteiger charge is -2.19. The van der Waals surface area contributed by atoms with E-state index in [0.29, 0.717) is 18.9 Å². The van der Waals surface area contributed by atoms with Gasteiger partial charge in [0.15, 0.2) is 0 Å². The fourth-order valence-electron chi connectivity index (χ4n) is 3.23. The number of aliphatic hydroxyl groups is 1. The van der Waals surface area contributed by atoms with E-state index < -0.39 is 0 Å². The summed E-state index contributed by atoms with van der Waals surface area (Å²) in [5.74, 6) is 1.39. The highest BCUT2D eigenvalue weighted by atomic mass is 32.1. The van der Waals surface area contributed by atoms with Crippen molar-refractivity contribution in [3.05, 3.63) is 16.3 Å². The topological polar surface area (TPSA) is 75.3 Å². The standard InChI is InChI=1S/C16H24N4OS/c1-2-7-20(8-9-21)10-13-18-15(17)14-11-5-3-4-6-12(11)22-16(14)19-13/h21H,2-10H2,1H3,(H2,17,18,19). The third-order valence-corrected chi connectivity index (χ3v) is 5.40. The average molecular weight is 320 g/mol. The normalized spacial score (nSPS) is 14.7. The lowest BCUT2D eigenvalue weighted by Crippen LogP contribution is -2.28. The number of nitrogen functional groups attached to an aromatic ring is 1. The van der Waals surface area contributed by atoms with Gasteiger partial charge in [0.05, 0.1) is 18.5 Å². The number of thiophene rings is 1. The van der Waals surface area contributed by atoms with Gasteiger partial charge in [-0.05, 0) is 44.2 Å². The number of rotatable bonds is 6. The van der Waals surface area contributed by atoms with Crippen LogP contribution < -0.4 is 5.73 Å². The predicted octanol–water partition coefficient (Wildman–Crippen LogP) is 2.36. The van der Waals surface area contributed by atoms with Crippen LogP contribution in [0.15, 0.2) is 0 Å². The third kappa shape index (κ3) is 3.09. The highest BCUT2D eigenvalue weighted by Gasteiger charge is 2.20. The summed E-state index contributed by atoms with van der Waals surface area (Å²) >= 11 is 1.78. The smallest absolute Gasteiger partial charge is 0.146 e. The number of fused-ring (bicyclic) bond motifs is 3. The highest BCUT2D eigenvalue weighted by molar-refractivity contribution is 7.19. The number of anilines is 1. The van der Waals surface area contributed by atoms with Crippen molar-refractivity contribution in [2.45, 2.75) is 45.6 Å². The molecule has 0 radical (unpaired) electrons. The van der Waals surface area contributed by atoms with Crippen molar-refractivity contribution in [2.24, 2.45) is 0 Å². The number of aryl methyl sites for hydroxylation is 2. The van der Waals surface area contributed by atoms with Crippen LogP contribution in [0.1, 0.15) is 42.5 Å². The van der Waals surface area contributed by atoms with Crippen LogP contribution in [0.25, 0.3) is 10.2 Å². The molecule has 120 valence electrons. The molecular weight excluding hydrogens is 296 g/mol. The van der Waals surface area contributed by atoms with E-state index in [-0.39, 0.29) is 6.61 Å². The van der Waals surface area contributed by atoms with Gasteiger partial charge in [0, 0.05) is 11.4 Å². The van der Waals surface area contributed by atoms with Crippen LogP contribution in [-0.2, 0) is 19.4 Å². The van der Waals surface area contributed by atoms with Gasteiger partial charge >= 0.3 is 0 Å². The van der Waals surface area contributed by atoms with Gasteiger partial charge in [-0.1, -0.05) is 6.92 Å². The zero-order valence-electron chi connectivity index (χ0n) is 13.1. The van der Waals surface area contributed by atoms with Gasteiger partial charge in [-0.3, -0.25) is 4.90 Å². The summed E-state index contributed by atoms with van der Waals surface area (Å²) in [7, 11) is 0. The van der Waals surface area contributed by atoms with Crippen molar-refractivity contribution >= 4 is 27.4 Å². The summed E-state index contributed by atoms with van der Waals surface area (Å²) in [5, 5.41) is 10.3. The van der Waals surface area contributed by atoms with Crippen molar-refractivity contribution in [1.82, 2.24) is 14.9 Å². The fourth-order valence-corrected chi connectivity index (χ4v) is 4.52. The highest BCUT2D eigenvalue weighted by Crippen LogP contribution is 2.37. The SMILES string of the molecule is CCCN(CCO)Cc1nc(N)c2c3c(sc2n1)CCCC3. The molecule has 5 nitrogen and oxygen atoms in total. The molecule has 0 fully saturated rings. The molecule has 2 aromatic rings. The van der Waals surface area contributed by atoms with E-state index in [4.69, 9.17) is 10.7 Å². The summed E-state index contributed by atoms with van der Waals surface area (Å²) in [6.45, 7) is 4.52. The van der Waals surface area contributed by atoms with E-state index in [0.717, 1.165) is 41.8 Å². The van der Waals surface area contributed by atoms with E-state index in [1.807, 2.05) is 0 Å². The molecule has 0 aliphatic heterocycles. The maximum absolute atomic E-state index is 9.17.